The molecule has 1 aliphatic heterocycles. The van der Waals surface area contributed by atoms with Gasteiger partial charge in [0.2, 0.25) is 5.91 Å². The van der Waals surface area contributed by atoms with Crippen LogP contribution in [0.3, 0.4) is 0 Å². The van der Waals surface area contributed by atoms with Crippen LogP contribution in [-0.2, 0) is 4.79 Å². The van der Waals surface area contributed by atoms with Gasteiger partial charge in [-0.05, 0) is 26.7 Å². The van der Waals surface area contributed by atoms with Crippen LogP contribution in [0.5, 0.6) is 0 Å². The van der Waals surface area contributed by atoms with Gasteiger partial charge in [0, 0.05) is 31.1 Å². The summed E-state index contributed by atoms with van der Waals surface area (Å²) in [7, 11) is 0. The van der Waals surface area contributed by atoms with Gasteiger partial charge in [-0.1, -0.05) is 13.8 Å². The van der Waals surface area contributed by atoms with Crippen LogP contribution >= 0.6 is 0 Å². The van der Waals surface area contributed by atoms with E-state index in [1.807, 2.05) is 0 Å². The van der Waals surface area contributed by atoms with E-state index >= 15 is 0 Å². The van der Waals surface area contributed by atoms with Crippen molar-refractivity contribution in [2.24, 2.45) is 5.92 Å². The van der Waals surface area contributed by atoms with Gasteiger partial charge in [-0.25, -0.2) is 0 Å². The number of nitrogens with one attached hydrogen (secondary N) is 1. The second-order valence-electron chi connectivity index (χ2n) is 4.62. The Morgan fingerprint density at radius 1 is 1.27 bits per heavy atom. The Kier molecular flexibility index (Phi) is 4.58. The highest BCUT2D eigenvalue weighted by molar-refractivity contribution is 5.79. The minimum atomic E-state index is 0.216. The van der Waals surface area contributed by atoms with Crippen molar-refractivity contribution in [3.05, 3.63) is 0 Å². The minimum absolute atomic E-state index is 0.216. The summed E-state index contributed by atoms with van der Waals surface area (Å²) < 4.78 is 0. The Labute approximate surface area is 93.2 Å². The highest BCUT2D eigenvalue weighted by Crippen LogP contribution is 2.18. The van der Waals surface area contributed by atoms with Crippen molar-refractivity contribution < 1.29 is 4.79 Å². The fraction of sp³-hybridized carbons (Fsp3) is 0.917. The molecular weight excluding hydrogens is 188 g/mol. The molecule has 0 aromatic carbocycles. The Bertz CT molecular complexity index is 204. The summed E-state index contributed by atoms with van der Waals surface area (Å²) in [6.07, 6.45) is 1.91. The molecule has 0 radical (unpaired) electrons. The van der Waals surface area contributed by atoms with E-state index in [4.69, 9.17) is 0 Å². The third-order valence-corrected chi connectivity index (χ3v) is 3.42. The van der Waals surface area contributed by atoms with Crippen LogP contribution in [0.4, 0.5) is 0 Å². The molecule has 3 nitrogen and oxygen atoms in total. The second kappa shape index (κ2) is 5.50. The maximum Gasteiger partial charge on any atom is 0.226 e. The van der Waals surface area contributed by atoms with Crippen LogP contribution in [0.2, 0.25) is 0 Å². The molecule has 0 aromatic rings. The van der Waals surface area contributed by atoms with Crippen molar-refractivity contribution >= 4 is 5.91 Å². The van der Waals surface area contributed by atoms with Crippen LogP contribution in [0.25, 0.3) is 0 Å². The molecule has 15 heavy (non-hydrogen) atoms. The quantitative estimate of drug-likeness (QED) is 0.771. The number of carbonyl (C=O) groups is 1. The highest BCUT2D eigenvalue weighted by atomic mass is 16.2. The largest absolute Gasteiger partial charge is 0.334 e. The second-order valence-corrected chi connectivity index (χ2v) is 4.62. The molecule has 2 unspecified atom stereocenters. The third-order valence-electron chi connectivity index (χ3n) is 3.42. The van der Waals surface area contributed by atoms with E-state index in [0.717, 1.165) is 25.9 Å². The van der Waals surface area contributed by atoms with Crippen LogP contribution < -0.4 is 5.32 Å². The van der Waals surface area contributed by atoms with E-state index in [1.54, 1.807) is 0 Å². The normalized spacial score (nSPS) is 27.1. The Morgan fingerprint density at radius 3 is 2.13 bits per heavy atom. The van der Waals surface area contributed by atoms with E-state index in [2.05, 4.69) is 37.9 Å². The monoisotopic (exact) mass is 212 g/mol. The van der Waals surface area contributed by atoms with E-state index in [0.29, 0.717) is 18.0 Å². The zero-order valence-electron chi connectivity index (χ0n) is 10.4. The maximum atomic E-state index is 12.3. The third kappa shape index (κ3) is 2.71. The molecule has 1 amide bonds. The van der Waals surface area contributed by atoms with Gasteiger partial charge < -0.3 is 10.2 Å². The molecule has 0 aromatic heterocycles. The molecule has 1 fully saturated rings. The highest BCUT2D eigenvalue weighted by Gasteiger charge is 2.31. The van der Waals surface area contributed by atoms with Crippen molar-refractivity contribution in [1.82, 2.24) is 10.2 Å². The van der Waals surface area contributed by atoms with Gasteiger partial charge >= 0.3 is 0 Å². The lowest BCUT2D eigenvalue weighted by Crippen LogP contribution is -2.58. The molecule has 0 saturated carbocycles. The van der Waals surface area contributed by atoms with Gasteiger partial charge in [-0.3, -0.25) is 4.79 Å². The Morgan fingerprint density at radius 2 is 1.73 bits per heavy atom. The lowest BCUT2D eigenvalue weighted by molar-refractivity contribution is -0.141. The molecule has 1 aliphatic rings. The zero-order chi connectivity index (χ0) is 11.4. The van der Waals surface area contributed by atoms with E-state index in [9.17, 15) is 4.79 Å². The first-order valence-corrected chi connectivity index (χ1v) is 6.14. The molecular formula is C12H24N2O. The Balaban J connectivity index is 2.70. The Hall–Kier alpha value is -0.570. The minimum Gasteiger partial charge on any atom is -0.334 e. The molecule has 1 N–H and O–H groups in total. The first kappa shape index (κ1) is 12.5. The van der Waals surface area contributed by atoms with Gasteiger partial charge in [-0.2, -0.15) is 0 Å². The van der Waals surface area contributed by atoms with Crippen molar-refractivity contribution in [3.63, 3.8) is 0 Å². The number of carbonyl (C=O) groups excluding carboxylic acids is 1. The predicted octanol–water partition coefficient (Wildman–Crippen LogP) is 1.63. The molecule has 1 heterocycles. The van der Waals surface area contributed by atoms with Crippen LogP contribution in [0, 0.1) is 5.92 Å². The van der Waals surface area contributed by atoms with E-state index in [1.165, 1.54) is 0 Å². The summed E-state index contributed by atoms with van der Waals surface area (Å²) >= 11 is 0. The summed E-state index contributed by atoms with van der Waals surface area (Å²) in [5.74, 6) is 0.564. The molecule has 2 atom stereocenters. The van der Waals surface area contributed by atoms with Gasteiger partial charge in [-0.15, -0.1) is 0 Å². The predicted molar refractivity (Wildman–Crippen MR) is 62.7 cm³/mol. The smallest absolute Gasteiger partial charge is 0.226 e. The number of amides is 1. The summed E-state index contributed by atoms with van der Waals surface area (Å²) in [6, 6.07) is 0.670. The van der Waals surface area contributed by atoms with Gasteiger partial charge in [0.15, 0.2) is 0 Å². The zero-order valence-corrected chi connectivity index (χ0v) is 10.4. The van der Waals surface area contributed by atoms with E-state index < -0.39 is 0 Å². The average molecular weight is 212 g/mol. The van der Waals surface area contributed by atoms with Gasteiger partial charge in [0.1, 0.15) is 0 Å². The topological polar surface area (TPSA) is 32.3 Å². The average Bonchev–Trinajstić information content (AvgIpc) is 2.19. The first-order chi connectivity index (χ1) is 7.11. The molecule has 3 heteroatoms. The van der Waals surface area contributed by atoms with Crippen molar-refractivity contribution in [1.29, 1.82) is 0 Å². The lowest BCUT2D eigenvalue weighted by Gasteiger charge is -2.41. The van der Waals surface area contributed by atoms with Crippen molar-refractivity contribution in [2.75, 3.05) is 13.1 Å². The molecule has 1 rings (SSSR count). The number of rotatable bonds is 3. The number of hydrogen-bond donors (Lipinski definition) is 1. The summed E-state index contributed by atoms with van der Waals surface area (Å²) in [5, 5.41) is 3.35. The molecule has 0 aliphatic carbocycles. The first-order valence-electron chi connectivity index (χ1n) is 6.14. The van der Waals surface area contributed by atoms with E-state index in [-0.39, 0.29) is 5.92 Å². The van der Waals surface area contributed by atoms with Crippen molar-refractivity contribution in [3.8, 4) is 0 Å². The van der Waals surface area contributed by atoms with Crippen LogP contribution in [-0.4, -0.2) is 36.0 Å². The standard InChI is InChI=1S/C12H24N2O/c1-5-11(6-2)12(15)14-9(3)7-13-8-10(14)4/h9-11,13H,5-8H2,1-4H3. The fourth-order valence-corrected chi connectivity index (χ4v) is 2.42. The van der Waals surface area contributed by atoms with Crippen LogP contribution in [0.15, 0.2) is 0 Å². The summed E-state index contributed by atoms with van der Waals surface area (Å²) in [5.41, 5.74) is 0. The van der Waals surface area contributed by atoms with Gasteiger partial charge in [0.25, 0.3) is 0 Å². The molecule has 0 spiro atoms. The van der Waals surface area contributed by atoms with Crippen LogP contribution in [0.1, 0.15) is 40.5 Å². The summed E-state index contributed by atoms with van der Waals surface area (Å²) in [4.78, 5) is 14.4. The molecule has 0 bridgehead atoms. The molecule has 1 saturated heterocycles. The SMILES string of the molecule is CCC(CC)C(=O)N1C(C)CNCC1C. The van der Waals surface area contributed by atoms with Crippen molar-refractivity contribution in [2.45, 2.75) is 52.6 Å². The number of nitrogens with zero attached hydrogens (tertiary/aromatic N) is 1. The number of piperazine rings is 1. The summed E-state index contributed by atoms with van der Waals surface area (Å²) in [6.45, 7) is 10.3. The number of hydrogen-bond acceptors (Lipinski definition) is 2. The fourth-order valence-electron chi connectivity index (χ4n) is 2.42. The van der Waals surface area contributed by atoms with Gasteiger partial charge in [0.05, 0.1) is 0 Å². The maximum absolute atomic E-state index is 12.3. The molecule has 88 valence electrons. The lowest BCUT2D eigenvalue weighted by atomic mass is 9.98.